The van der Waals surface area contributed by atoms with E-state index in [1.807, 2.05) is 18.2 Å². The number of rotatable bonds is 3. The van der Waals surface area contributed by atoms with E-state index in [0.717, 1.165) is 48.8 Å². The van der Waals surface area contributed by atoms with E-state index in [1.54, 1.807) is 4.31 Å². The maximum Gasteiger partial charge on any atom is 0.234 e. The highest BCUT2D eigenvalue weighted by atomic mass is 32.2. The second kappa shape index (κ2) is 6.78. The van der Waals surface area contributed by atoms with Crippen molar-refractivity contribution in [1.29, 1.82) is 0 Å². The van der Waals surface area contributed by atoms with E-state index in [2.05, 4.69) is 5.32 Å². The van der Waals surface area contributed by atoms with Crippen molar-refractivity contribution in [3.63, 3.8) is 0 Å². The number of sulfonamides is 1. The van der Waals surface area contributed by atoms with Crippen LogP contribution in [0.2, 0.25) is 0 Å². The van der Waals surface area contributed by atoms with Crippen LogP contribution in [0, 0.1) is 0 Å². The van der Waals surface area contributed by atoms with Crippen molar-refractivity contribution < 1.29 is 18.0 Å². The third-order valence-corrected chi connectivity index (χ3v) is 8.19. The van der Waals surface area contributed by atoms with Gasteiger partial charge in [-0.2, -0.15) is 4.31 Å². The van der Waals surface area contributed by atoms with Crippen LogP contribution in [0.25, 0.3) is 0 Å². The number of benzene rings is 1. The molecular weight excluding hydrogens is 352 g/mol. The van der Waals surface area contributed by atoms with Crippen LogP contribution >= 0.6 is 0 Å². The van der Waals surface area contributed by atoms with E-state index >= 15 is 0 Å². The number of carbonyl (C=O) groups excluding carboxylic acids is 2. The molecule has 2 aliphatic heterocycles. The van der Waals surface area contributed by atoms with Gasteiger partial charge in [-0.25, -0.2) is 8.42 Å². The van der Waals surface area contributed by atoms with E-state index in [1.165, 1.54) is 0 Å². The number of nitrogens with zero attached hydrogens (tertiary/aromatic N) is 1. The van der Waals surface area contributed by atoms with Crippen molar-refractivity contribution in [3.05, 3.63) is 34.9 Å². The van der Waals surface area contributed by atoms with Crippen molar-refractivity contribution in [1.82, 2.24) is 9.62 Å². The van der Waals surface area contributed by atoms with Crippen LogP contribution in [0.3, 0.4) is 0 Å². The second-order valence-electron chi connectivity index (χ2n) is 7.60. The molecule has 2 heterocycles. The summed E-state index contributed by atoms with van der Waals surface area (Å²) in [6.45, 7) is 0.805. The van der Waals surface area contributed by atoms with Gasteiger partial charge in [0.1, 0.15) is 0 Å². The molecule has 2 amide bonds. The highest BCUT2D eigenvalue weighted by molar-refractivity contribution is 7.89. The lowest BCUT2D eigenvalue weighted by atomic mass is 9.89. The number of piperidine rings is 1. The minimum absolute atomic E-state index is 0.225. The standard InChI is InChI=1S/C19H24N2O4S/c22-18-9-8-17(19(23)20-18)13-6-7-14-11-21(12-15(14)10-13)26(24,25)16-4-2-1-3-5-16/h6-7,10,16-17H,1-5,8-9,11-12H2,(H,20,22,23). The number of hydrogen-bond donors (Lipinski definition) is 1. The summed E-state index contributed by atoms with van der Waals surface area (Å²) in [5, 5.41) is 2.14. The van der Waals surface area contributed by atoms with E-state index < -0.39 is 10.0 Å². The first-order valence-electron chi connectivity index (χ1n) is 9.39. The summed E-state index contributed by atoms with van der Waals surface area (Å²) in [6, 6.07) is 5.78. The molecule has 6 nitrogen and oxygen atoms in total. The molecule has 1 saturated carbocycles. The first-order valence-corrected chi connectivity index (χ1v) is 10.9. The molecule has 26 heavy (non-hydrogen) atoms. The molecule has 140 valence electrons. The van der Waals surface area contributed by atoms with Gasteiger partial charge in [-0.1, -0.05) is 37.5 Å². The Bertz CT molecular complexity index is 843. The Morgan fingerprint density at radius 3 is 2.42 bits per heavy atom. The highest BCUT2D eigenvalue weighted by Crippen LogP contribution is 2.34. The lowest BCUT2D eigenvalue weighted by Gasteiger charge is -2.26. The van der Waals surface area contributed by atoms with Gasteiger partial charge in [-0.15, -0.1) is 0 Å². The van der Waals surface area contributed by atoms with Crippen LogP contribution in [0.15, 0.2) is 18.2 Å². The Balaban J connectivity index is 1.53. The molecule has 1 aromatic rings. The summed E-state index contributed by atoms with van der Waals surface area (Å²) in [5.74, 6) is -0.815. The molecular formula is C19H24N2O4S. The third kappa shape index (κ3) is 3.18. The van der Waals surface area contributed by atoms with Gasteiger partial charge in [0.2, 0.25) is 21.8 Å². The Hall–Kier alpha value is -1.73. The molecule has 0 radical (unpaired) electrons. The smallest absolute Gasteiger partial charge is 0.234 e. The van der Waals surface area contributed by atoms with Crippen molar-refractivity contribution in [2.45, 2.75) is 69.2 Å². The number of nitrogens with one attached hydrogen (secondary N) is 1. The Morgan fingerprint density at radius 2 is 1.69 bits per heavy atom. The average Bonchev–Trinajstić information content (AvgIpc) is 3.06. The fourth-order valence-corrected chi connectivity index (χ4v) is 6.35. The summed E-state index contributed by atoms with van der Waals surface area (Å²) in [7, 11) is -3.28. The molecule has 0 aromatic heterocycles. The SMILES string of the molecule is O=C1CCC(c2ccc3c(c2)CN(S(=O)(=O)C2CCCCC2)C3)C(=O)N1. The van der Waals surface area contributed by atoms with E-state index in [9.17, 15) is 18.0 Å². The van der Waals surface area contributed by atoms with Crippen molar-refractivity contribution in [2.75, 3.05) is 0 Å². The minimum Gasteiger partial charge on any atom is -0.296 e. The molecule has 0 bridgehead atoms. The average molecular weight is 376 g/mol. The van der Waals surface area contributed by atoms with Crippen LogP contribution in [-0.2, 0) is 32.7 Å². The molecule has 1 N–H and O–H groups in total. The van der Waals surface area contributed by atoms with Crippen molar-refractivity contribution in [3.8, 4) is 0 Å². The molecule has 1 unspecified atom stereocenters. The summed E-state index contributed by atoms with van der Waals surface area (Å²) < 4.78 is 27.5. The lowest BCUT2D eigenvalue weighted by Crippen LogP contribution is -2.39. The van der Waals surface area contributed by atoms with Crippen LogP contribution in [0.1, 0.15) is 67.6 Å². The monoisotopic (exact) mass is 376 g/mol. The van der Waals surface area contributed by atoms with Gasteiger partial charge in [-0.05, 0) is 36.0 Å². The number of fused-ring (bicyclic) bond motifs is 1. The first kappa shape index (κ1) is 17.7. The predicted molar refractivity (Wildman–Crippen MR) is 96.6 cm³/mol. The maximum absolute atomic E-state index is 13.0. The maximum atomic E-state index is 13.0. The summed E-state index contributed by atoms with van der Waals surface area (Å²) in [4.78, 5) is 23.4. The Morgan fingerprint density at radius 1 is 0.962 bits per heavy atom. The van der Waals surface area contributed by atoms with Gasteiger partial charge in [-0.3, -0.25) is 14.9 Å². The summed E-state index contributed by atoms with van der Waals surface area (Å²) >= 11 is 0. The molecule has 1 aliphatic carbocycles. The fraction of sp³-hybridized carbons (Fsp3) is 0.579. The van der Waals surface area contributed by atoms with Crippen LogP contribution in [0.4, 0.5) is 0 Å². The van der Waals surface area contributed by atoms with E-state index in [-0.39, 0.29) is 23.0 Å². The zero-order chi connectivity index (χ0) is 18.3. The zero-order valence-electron chi connectivity index (χ0n) is 14.7. The van der Waals surface area contributed by atoms with Gasteiger partial charge >= 0.3 is 0 Å². The van der Waals surface area contributed by atoms with Crippen LogP contribution < -0.4 is 5.32 Å². The molecule has 0 spiro atoms. The summed E-state index contributed by atoms with van der Waals surface area (Å²) in [5.41, 5.74) is 2.86. The summed E-state index contributed by atoms with van der Waals surface area (Å²) in [6.07, 6.45) is 5.48. The first-order chi connectivity index (χ1) is 12.4. The molecule has 3 aliphatic rings. The highest BCUT2D eigenvalue weighted by Gasteiger charge is 2.37. The number of hydrogen-bond acceptors (Lipinski definition) is 4. The van der Waals surface area contributed by atoms with E-state index in [0.29, 0.717) is 25.9 Å². The van der Waals surface area contributed by atoms with Gasteiger partial charge in [0, 0.05) is 19.5 Å². The predicted octanol–water partition coefficient (Wildman–Crippen LogP) is 2.18. The second-order valence-corrected chi connectivity index (χ2v) is 9.82. The molecule has 1 atom stereocenters. The molecule has 2 fully saturated rings. The van der Waals surface area contributed by atoms with Crippen LogP contribution in [0.5, 0.6) is 0 Å². The third-order valence-electron chi connectivity index (χ3n) is 5.90. The normalized spacial score (nSPS) is 25.2. The van der Waals surface area contributed by atoms with Gasteiger partial charge in [0.25, 0.3) is 0 Å². The number of amides is 2. The van der Waals surface area contributed by atoms with Gasteiger partial charge in [0.05, 0.1) is 11.2 Å². The topological polar surface area (TPSA) is 83.6 Å². The quantitative estimate of drug-likeness (QED) is 0.820. The minimum atomic E-state index is -3.28. The lowest BCUT2D eigenvalue weighted by molar-refractivity contribution is -0.134. The van der Waals surface area contributed by atoms with Gasteiger partial charge < -0.3 is 0 Å². The molecule has 1 saturated heterocycles. The number of carbonyl (C=O) groups is 2. The molecule has 7 heteroatoms. The number of imide groups is 1. The van der Waals surface area contributed by atoms with Gasteiger partial charge in [0.15, 0.2) is 0 Å². The molecule has 4 rings (SSSR count). The van der Waals surface area contributed by atoms with Crippen molar-refractivity contribution >= 4 is 21.8 Å². The molecule has 1 aromatic carbocycles. The Labute approximate surface area is 154 Å². The zero-order valence-corrected chi connectivity index (χ0v) is 15.6. The van der Waals surface area contributed by atoms with Crippen molar-refractivity contribution in [2.24, 2.45) is 0 Å². The van der Waals surface area contributed by atoms with Crippen LogP contribution in [-0.4, -0.2) is 29.8 Å². The van der Waals surface area contributed by atoms with E-state index in [4.69, 9.17) is 0 Å². The Kier molecular flexibility index (Phi) is 4.61. The largest absolute Gasteiger partial charge is 0.296 e. The fourth-order valence-electron chi connectivity index (χ4n) is 4.37.